The van der Waals surface area contributed by atoms with Crippen LogP contribution in [0, 0.1) is 5.92 Å². The first kappa shape index (κ1) is 20.7. The molecule has 0 aromatic carbocycles. The summed E-state index contributed by atoms with van der Waals surface area (Å²) in [6.45, 7) is 6.41. The number of hydrogen-bond acceptors (Lipinski definition) is 8. The normalized spacial score (nSPS) is 38.1. The van der Waals surface area contributed by atoms with E-state index in [1.807, 2.05) is 6.92 Å². The number of fused-ring (bicyclic) bond motifs is 2. The molecule has 0 aromatic heterocycles. The summed E-state index contributed by atoms with van der Waals surface area (Å²) in [5, 5.41) is 28.8. The highest BCUT2D eigenvalue weighted by Gasteiger charge is 2.57. The number of hydrogen-bond donors (Lipinski definition) is 3. The van der Waals surface area contributed by atoms with Gasteiger partial charge >= 0.3 is 11.9 Å². The third kappa shape index (κ3) is 3.91. The fraction of sp³-hybridized carbons (Fsp3) is 0.600. The van der Waals surface area contributed by atoms with Gasteiger partial charge in [-0.3, -0.25) is 0 Å². The number of rotatable bonds is 4. The Kier molecular flexibility index (Phi) is 5.77. The zero-order valence-electron chi connectivity index (χ0n) is 16.0. The van der Waals surface area contributed by atoms with Crippen molar-refractivity contribution < 1.29 is 39.1 Å². The fourth-order valence-electron chi connectivity index (χ4n) is 3.88. The average Bonchev–Trinajstić information content (AvgIpc) is 3.16. The van der Waals surface area contributed by atoms with Crippen LogP contribution in [0.2, 0.25) is 0 Å². The van der Waals surface area contributed by atoms with Gasteiger partial charge in [-0.1, -0.05) is 6.58 Å². The van der Waals surface area contributed by atoms with Crippen molar-refractivity contribution in [3.05, 3.63) is 35.5 Å². The summed E-state index contributed by atoms with van der Waals surface area (Å²) in [5.74, 6) is -2.01. The topological polar surface area (TPSA) is 126 Å². The molecule has 0 aromatic rings. The zero-order chi connectivity index (χ0) is 20.6. The van der Waals surface area contributed by atoms with Crippen molar-refractivity contribution in [1.29, 1.82) is 0 Å². The first-order valence-corrected chi connectivity index (χ1v) is 9.26. The molecule has 2 fully saturated rings. The fourth-order valence-corrected chi connectivity index (χ4v) is 3.88. The molecule has 0 radical (unpaired) electrons. The number of aliphatic hydroxyl groups is 3. The zero-order valence-corrected chi connectivity index (χ0v) is 16.0. The predicted molar refractivity (Wildman–Crippen MR) is 96.9 cm³/mol. The van der Waals surface area contributed by atoms with Gasteiger partial charge in [0.2, 0.25) is 0 Å². The Hall–Kier alpha value is -2.00. The van der Waals surface area contributed by atoms with E-state index in [1.54, 1.807) is 13.0 Å². The largest absolute Gasteiger partial charge is 0.458 e. The number of ether oxygens (including phenoxy) is 3. The first-order valence-electron chi connectivity index (χ1n) is 9.26. The molecular formula is C20H26O8. The Morgan fingerprint density at radius 3 is 2.82 bits per heavy atom. The lowest BCUT2D eigenvalue weighted by Gasteiger charge is -2.29. The van der Waals surface area contributed by atoms with Crippen LogP contribution in [-0.2, 0) is 23.8 Å². The summed E-state index contributed by atoms with van der Waals surface area (Å²) in [5.41, 5.74) is 0.116. The van der Waals surface area contributed by atoms with Crippen molar-refractivity contribution in [2.45, 2.75) is 56.7 Å². The highest BCUT2D eigenvalue weighted by molar-refractivity contribution is 5.92. The molecule has 8 nitrogen and oxygen atoms in total. The number of esters is 2. The molecule has 8 heteroatoms. The molecule has 3 aliphatic rings. The van der Waals surface area contributed by atoms with E-state index in [0.29, 0.717) is 12.0 Å². The highest BCUT2D eigenvalue weighted by atomic mass is 16.6. The maximum absolute atomic E-state index is 12.5. The van der Waals surface area contributed by atoms with E-state index in [4.69, 9.17) is 19.3 Å². The van der Waals surface area contributed by atoms with Crippen LogP contribution in [0.3, 0.4) is 0 Å². The van der Waals surface area contributed by atoms with Gasteiger partial charge < -0.3 is 29.5 Å². The molecule has 6 unspecified atom stereocenters. The minimum atomic E-state index is -0.792. The SMILES string of the molecule is C=C1C(=O)OC2C=C(C)C(O)CC3OC3(C)CC(OC(=O)C(=CCO)CO)C12. The summed E-state index contributed by atoms with van der Waals surface area (Å²) in [6, 6.07) is 0. The second-order valence-corrected chi connectivity index (χ2v) is 7.72. The van der Waals surface area contributed by atoms with Gasteiger partial charge in [-0.05, 0) is 31.6 Å². The average molecular weight is 394 g/mol. The predicted octanol–water partition coefficient (Wildman–Crippen LogP) is 0.165. The minimum absolute atomic E-state index is 0.0763. The minimum Gasteiger partial charge on any atom is -0.458 e. The van der Waals surface area contributed by atoms with E-state index in [2.05, 4.69) is 6.58 Å². The quantitative estimate of drug-likeness (QED) is 0.267. The van der Waals surface area contributed by atoms with E-state index >= 15 is 0 Å². The van der Waals surface area contributed by atoms with Crippen molar-refractivity contribution in [3.8, 4) is 0 Å². The van der Waals surface area contributed by atoms with Crippen LogP contribution >= 0.6 is 0 Å². The van der Waals surface area contributed by atoms with Gasteiger partial charge in [0.05, 0.1) is 42.5 Å². The van der Waals surface area contributed by atoms with Crippen molar-refractivity contribution in [2.75, 3.05) is 13.2 Å². The molecule has 154 valence electrons. The molecule has 0 amide bonds. The molecule has 3 rings (SSSR count). The van der Waals surface area contributed by atoms with Crippen LogP contribution in [0.25, 0.3) is 0 Å². The van der Waals surface area contributed by atoms with Crippen LogP contribution in [0.4, 0.5) is 0 Å². The highest BCUT2D eigenvalue weighted by Crippen LogP contribution is 2.47. The van der Waals surface area contributed by atoms with E-state index < -0.39 is 55.0 Å². The van der Waals surface area contributed by atoms with Crippen LogP contribution in [-0.4, -0.2) is 70.5 Å². The van der Waals surface area contributed by atoms with Crippen LogP contribution in [0.15, 0.2) is 35.5 Å². The lowest BCUT2D eigenvalue weighted by Crippen LogP contribution is -2.38. The molecule has 6 atom stereocenters. The van der Waals surface area contributed by atoms with E-state index in [1.165, 1.54) is 6.08 Å². The third-order valence-electron chi connectivity index (χ3n) is 5.72. The van der Waals surface area contributed by atoms with Gasteiger partial charge in [-0.2, -0.15) is 0 Å². The summed E-state index contributed by atoms with van der Waals surface area (Å²) in [4.78, 5) is 24.6. The van der Waals surface area contributed by atoms with Crippen LogP contribution < -0.4 is 0 Å². The number of aliphatic hydroxyl groups excluding tert-OH is 3. The molecule has 2 heterocycles. The maximum Gasteiger partial charge on any atom is 0.336 e. The summed E-state index contributed by atoms with van der Waals surface area (Å²) < 4.78 is 16.8. The molecule has 0 spiro atoms. The molecular weight excluding hydrogens is 368 g/mol. The molecule has 28 heavy (non-hydrogen) atoms. The Labute approximate surface area is 163 Å². The molecule has 0 saturated carbocycles. The Morgan fingerprint density at radius 2 is 2.18 bits per heavy atom. The summed E-state index contributed by atoms with van der Waals surface area (Å²) >= 11 is 0. The van der Waals surface area contributed by atoms with Gasteiger partial charge in [0.25, 0.3) is 0 Å². The Morgan fingerprint density at radius 1 is 1.46 bits per heavy atom. The number of epoxide rings is 1. The van der Waals surface area contributed by atoms with Crippen molar-refractivity contribution in [2.24, 2.45) is 5.92 Å². The van der Waals surface area contributed by atoms with E-state index in [-0.39, 0.29) is 23.7 Å². The van der Waals surface area contributed by atoms with Gasteiger partial charge in [-0.25, -0.2) is 9.59 Å². The maximum atomic E-state index is 12.5. The van der Waals surface area contributed by atoms with Gasteiger partial charge in [-0.15, -0.1) is 0 Å². The second kappa shape index (κ2) is 7.79. The molecule has 3 N–H and O–H groups in total. The Balaban J connectivity index is 1.95. The van der Waals surface area contributed by atoms with Crippen LogP contribution in [0.5, 0.6) is 0 Å². The lowest BCUT2D eigenvalue weighted by atomic mass is 9.82. The number of carbonyl (C=O) groups is 2. The van der Waals surface area contributed by atoms with E-state index in [0.717, 1.165) is 0 Å². The number of carbonyl (C=O) groups excluding carboxylic acids is 2. The first-order chi connectivity index (χ1) is 13.2. The summed E-state index contributed by atoms with van der Waals surface area (Å²) in [7, 11) is 0. The Bertz CT molecular complexity index is 738. The second-order valence-electron chi connectivity index (χ2n) is 7.72. The van der Waals surface area contributed by atoms with E-state index in [9.17, 15) is 19.8 Å². The smallest absolute Gasteiger partial charge is 0.336 e. The molecule has 1 aliphatic carbocycles. The summed E-state index contributed by atoms with van der Waals surface area (Å²) in [6.07, 6.45) is 1.03. The molecule has 2 saturated heterocycles. The van der Waals surface area contributed by atoms with Crippen molar-refractivity contribution in [1.82, 2.24) is 0 Å². The standard InChI is InChI=1S/C20H26O8/c1-10-6-14-17(11(2)18(24)26-14)15(27-19(25)12(9-22)4-5-21)8-20(3)16(28-20)7-13(10)23/h4,6,13-17,21-23H,2,5,7-9H2,1,3H3. The molecule has 2 aliphatic heterocycles. The monoisotopic (exact) mass is 394 g/mol. The van der Waals surface area contributed by atoms with Crippen molar-refractivity contribution in [3.63, 3.8) is 0 Å². The van der Waals surface area contributed by atoms with Crippen molar-refractivity contribution >= 4 is 11.9 Å². The van der Waals surface area contributed by atoms with Crippen LogP contribution in [0.1, 0.15) is 26.7 Å². The van der Waals surface area contributed by atoms with Gasteiger partial charge in [0.1, 0.15) is 12.2 Å². The third-order valence-corrected chi connectivity index (χ3v) is 5.72. The lowest BCUT2D eigenvalue weighted by molar-refractivity contribution is -0.149. The van der Waals surface area contributed by atoms with Gasteiger partial charge in [0, 0.05) is 18.4 Å². The molecule has 0 bridgehead atoms. The van der Waals surface area contributed by atoms with Gasteiger partial charge in [0.15, 0.2) is 0 Å².